The van der Waals surface area contributed by atoms with Gasteiger partial charge < -0.3 is 4.42 Å². The molecule has 0 amide bonds. The normalized spacial score (nSPS) is 11.9. The molecule has 0 atom stereocenters. The molecule has 1 aromatic heterocycles. The van der Waals surface area contributed by atoms with Crippen LogP contribution < -0.4 is 0 Å². The van der Waals surface area contributed by atoms with Crippen molar-refractivity contribution in [1.82, 2.24) is 0 Å². The summed E-state index contributed by atoms with van der Waals surface area (Å²) in [5.74, 6) is 0. The van der Waals surface area contributed by atoms with E-state index >= 15 is 0 Å². The molecule has 0 aliphatic heterocycles. The lowest BCUT2D eigenvalue weighted by Gasteiger charge is -2.19. The molecule has 0 N–H and O–H groups in total. The minimum Gasteiger partial charge on any atom is -0.456 e. The van der Waals surface area contributed by atoms with Crippen LogP contribution in [0.2, 0.25) is 0 Å². The molecule has 1 heterocycles. The Morgan fingerprint density at radius 2 is 1.06 bits per heavy atom. The smallest absolute Gasteiger partial charge is 0.136 e. The van der Waals surface area contributed by atoms with E-state index in [1.807, 2.05) is 13.0 Å². The SMILES string of the molecule is C=Cc1cc2c(cc1/C=C\C)oc1ccc(-c3c4ccccc4c(-c4ccccc4)c4ccc(-c5ccc6ccccc6c5)cc34)cc12. The lowest BCUT2D eigenvalue weighted by atomic mass is 9.84. The fourth-order valence-electron chi connectivity index (χ4n) is 7.46. The van der Waals surface area contributed by atoms with Crippen LogP contribution in [-0.2, 0) is 0 Å². The van der Waals surface area contributed by atoms with E-state index in [4.69, 9.17) is 4.42 Å². The van der Waals surface area contributed by atoms with Crippen molar-refractivity contribution in [2.75, 3.05) is 0 Å². The molecule has 0 bridgehead atoms. The first kappa shape index (κ1) is 28.1. The maximum absolute atomic E-state index is 6.43. The molecule has 0 aliphatic rings. The summed E-state index contributed by atoms with van der Waals surface area (Å²) >= 11 is 0. The van der Waals surface area contributed by atoms with Gasteiger partial charge in [0.2, 0.25) is 0 Å². The van der Waals surface area contributed by atoms with Gasteiger partial charge in [0.05, 0.1) is 0 Å². The number of furan rings is 1. The molecule has 9 rings (SSSR count). The summed E-state index contributed by atoms with van der Waals surface area (Å²) in [7, 11) is 0. The maximum atomic E-state index is 6.43. The highest BCUT2D eigenvalue weighted by Gasteiger charge is 2.19. The van der Waals surface area contributed by atoms with Crippen molar-refractivity contribution < 1.29 is 4.42 Å². The maximum Gasteiger partial charge on any atom is 0.136 e. The topological polar surface area (TPSA) is 13.1 Å². The second-order valence-corrected chi connectivity index (χ2v) is 12.5. The molecule has 0 radical (unpaired) electrons. The molecule has 1 nitrogen and oxygen atoms in total. The summed E-state index contributed by atoms with van der Waals surface area (Å²) in [4.78, 5) is 0. The molecule has 0 fully saturated rings. The average Bonchev–Trinajstić information content (AvgIpc) is 3.50. The summed E-state index contributed by atoms with van der Waals surface area (Å²) in [6.07, 6.45) is 6.08. The average molecular weight is 613 g/mol. The quantitative estimate of drug-likeness (QED) is 0.176. The van der Waals surface area contributed by atoms with E-state index in [1.165, 1.54) is 65.7 Å². The van der Waals surface area contributed by atoms with E-state index in [0.29, 0.717) is 0 Å². The van der Waals surface area contributed by atoms with Gasteiger partial charge in [0.1, 0.15) is 11.2 Å². The Bertz CT molecular complexity index is 2740. The third-order valence-corrected chi connectivity index (χ3v) is 9.70. The van der Waals surface area contributed by atoms with Crippen molar-refractivity contribution in [2.24, 2.45) is 0 Å². The Hall–Kier alpha value is -6.18. The van der Waals surface area contributed by atoms with Crippen molar-refractivity contribution in [2.45, 2.75) is 6.92 Å². The van der Waals surface area contributed by atoms with Crippen LogP contribution in [0, 0.1) is 0 Å². The van der Waals surface area contributed by atoms with Crippen LogP contribution in [0.25, 0.3) is 99.8 Å². The summed E-state index contributed by atoms with van der Waals surface area (Å²) in [6.45, 7) is 6.13. The number of rotatable bonds is 5. The third-order valence-electron chi connectivity index (χ3n) is 9.70. The van der Waals surface area contributed by atoms with Crippen LogP contribution in [0.5, 0.6) is 0 Å². The number of fused-ring (bicyclic) bond motifs is 6. The number of hydrogen-bond acceptors (Lipinski definition) is 1. The predicted octanol–water partition coefficient (Wildman–Crippen LogP) is 13.7. The highest BCUT2D eigenvalue weighted by molar-refractivity contribution is 6.22. The van der Waals surface area contributed by atoms with Gasteiger partial charge in [-0.2, -0.15) is 0 Å². The van der Waals surface area contributed by atoms with Gasteiger partial charge in [-0.05, 0) is 120 Å². The lowest BCUT2D eigenvalue weighted by molar-refractivity contribution is 0.669. The van der Waals surface area contributed by atoms with Crippen molar-refractivity contribution >= 4 is 66.4 Å². The zero-order valence-electron chi connectivity index (χ0n) is 26.7. The molecule has 8 aromatic carbocycles. The fraction of sp³-hybridized carbons (Fsp3) is 0.0213. The molecule has 0 unspecified atom stereocenters. The first-order valence-corrected chi connectivity index (χ1v) is 16.5. The molecule has 0 aliphatic carbocycles. The number of hydrogen-bond donors (Lipinski definition) is 0. The van der Waals surface area contributed by atoms with Crippen LogP contribution in [-0.4, -0.2) is 0 Å². The van der Waals surface area contributed by atoms with E-state index in [0.717, 1.165) is 33.1 Å². The monoisotopic (exact) mass is 612 g/mol. The van der Waals surface area contributed by atoms with Crippen LogP contribution in [0.1, 0.15) is 18.1 Å². The third kappa shape index (κ3) is 4.47. The van der Waals surface area contributed by atoms with Crippen LogP contribution >= 0.6 is 0 Å². The Morgan fingerprint density at radius 3 is 1.85 bits per heavy atom. The molecule has 226 valence electrons. The highest BCUT2D eigenvalue weighted by Crippen LogP contribution is 2.46. The van der Waals surface area contributed by atoms with E-state index in [-0.39, 0.29) is 0 Å². The summed E-state index contributed by atoms with van der Waals surface area (Å²) < 4.78 is 6.43. The van der Waals surface area contributed by atoms with E-state index in [1.54, 1.807) is 0 Å². The second-order valence-electron chi connectivity index (χ2n) is 12.5. The first-order chi connectivity index (χ1) is 23.7. The Balaban J connectivity index is 1.37. The molecule has 0 saturated carbocycles. The fourth-order valence-corrected chi connectivity index (χ4v) is 7.46. The molecule has 1 heteroatoms. The van der Waals surface area contributed by atoms with Gasteiger partial charge in [0.15, 0.2) is 0 Å². The minimum atomic E-state index is 0.882. The molecule has 0 spiro atoms. The summed E-state index contributed by atoms with van der Waals surface area (Å²) in [5, 5.41) is 9.63. The molecule has 0 saturated heterocycles. The molecular formula is C47H32O. The van der Waals surface area contributed by atoms with Crippen molar-refractivity contribution in [3.8, 4) is 33.4 Å². The predicted molar refractivity (Wildman–Crippen MR) is 207 cm³/mol. The standard InChI is InChI=1S/C47H32O/c1-3-12-33-29-45-42(26-30(33)4-2)41-28-37(22-24-44(41)48-45)47-39-18-11-10-17-38(39)46(32-14-6-5-7-15-32)40-23-21-36(27-43(40)47)35-20-19-31-13-8-9-16-34(31)25-35/h3-29H,2H2,1H3/b12-3-. The summed E-state index contributed by atoms with van der Waals surface area (Å²) in [5.41, 5.74) is 11.2. The van der Waals surface area contributed by atoms with Crippen molar-refractivity contribution in [3.05, 3.63) is 169 Å². The lowest BCUT2D eigenvalue weighted by Crippen LogP contribution is -1.92. The van der Waals surface area contributed by atoms with Gasteiger partial charge in [-0.15, -0.1) is 0 Å². The van der Waals surface area contributed by atoms with Gasteiger partial charge in [-0.1, -0.05) is 134 Å². The van der Waals surface area contributed by atoms with Gasteiger partial charge in [0, 0.05) is 10.8 Å². The van der Waals surface area contributed by atoms with Gasteiger partial charge in [-0.3, -0.25) is 0 Å². The van der Waals surface area contributed by atoms with Crippen molar-refractivity contribution in [3.63, 3.8) is 0 Å². The highest BCUT2D eigenvalue weighted by atomic mass is 16.3. The van der Waals surface area contributed by atoms with E-state index in [2.05, 4.69) is 164 Å². The van der Waals surface area contributed by atoms with Crippen LogP contribution in [0.15, 0.2) is 163 Å². The Kier molecular flexibility index (Phi) is 6.59. The van der Waals surface area contributed by atoms with Gasteiger partial charge >= 0.3 is 0 Å². The molecular weight excluding hydrogens is 581 g/mol. The minimum absolute atomic E-state index is 0.882. The van der Waals surface area contributed by atoms with Gasteiger partial charge in [-0.25, -0.2) is 0 Å². The van der Waals surface area contributed by atoms with Gasteiger partial charge in [0.25, 0.3) is 0 Å². The Labute approximate surface area is 279 Å². The molecule has 48 heavy (non-hydrogen) atoms. The van der Waals surface area contributed by atoms with Crippen LogP contribution in [0.3, 0.4) is 0 Å². The first-order valence-electron chi connectivity index (χ1n) is 16.5. The molecule has 9 aromatic rings. The largest absolute Gasteiger partial charge is 0.456 e. The Morgan fingerprint density at radius 1 is 0.438 bits per heavy atom. The zero-order chi connectivity index (χ0) is 32.2. The van der Waals surface area contributed by atoms with E-state index < -0.39 is 0 Å². The van der Waals surface area contributed by atoms with Crippen molar-refractivity contribution in [1.29, 1.82) is 0 Å². The van der Waals surface area contributed by atoms with Crippen LogP contribution in [0.4, 0.5) is 0 Å². The number of allylic oxidation sites excluding steroid dienone is 1. The van der Waals surface area contributed by atoms with E-state index in [9.17, 15) is 0 Å². The second kappa shape index (κ2) is 11.3. The number of benzene rings is 8. The zero-order valence-corrected chi connectivity index (χ0v) is 26.7. The summed E-state index contributed by atoms with van der Waals surface area (Å²) in [6, 6.07) is 53.0.